The molecule has 0 fully saturated rings. The number of hydrogen-bond donors (Lipinski definition) is 2. The lowest BCUT2D eigenvalue weighted by Gasteiger charge is -2.12. The van der Waals surface area contributed by atoms with E-state index in [4.69, 9.17) is 4.74 Å². The summed E-state index contributed by atoms with van der Waals surface area (Å²) in [6, 6.07) is 16.3. The second kappa shape index (κ2) is 12.6. The van der Waals surface area contributed by atoms with Gasteiger partial charge in [0.15, 0.2) is 15.8 Å². The van der Waals surface area contributed by atoms with E-state index in [0.29, 0.717) is 30.6 Å². The molecule has 0 amide bonds. The summed E-state index contributed by atoms with van der Waals surface area (Å²) in [7, 11) is -3.32. The van der Waals surface area contributed by atoms with Crippen LogP contribution in [0.1, 0.15) is 12.5 Å². The number of nitrogens with one attached hydrogen (secondary N) is 2. The van der Waals surface area contributed by atoms with Crippen molar-refractivity contribution in [3.05, 3.63) is 60.2 Å². The molecule has 2 N–H and O–H groups in total. The van der Waals surface area contributed by atoms with Gasteiger partial charge in [0.25, 0.3) is 0 Å². The van der Waals surface area contributed by atoms with Crippen LogP contribution in [-0.4, -0.2) is 46.4 Å². The number of aryl methyl sites for hydroxylation is 1. The monoisotopic (exact) mass is 517 g/mol. The third-order valence-corrected chi connectivity index (χ3v) is 5.47. The van der Waals surface area contributed by atoms with Crippen LogP contribution in [0.25, 0.3) is 0 Å². The van der Waals surface area contributed by atoms with E-state index in [1.807, 2.05) is 38.1 Å². The van der Waals surface area contributed by atoms with Crippen molar-refractivity contribution in [2.24, 2.45) is 4.99 Å². The van der Waals surface area contributed by atoms with E-state index in [-0.39, 0.29) is 36.3 Å². The predicted octanol–water partition coefficient (Wildman–Crippen LogP) is 3.02. The number of ether oxygens (including phenoxy) is 1. The molecule has 0 atom stereocenters. The minimum absolute atomic E-state index is 0. The number of halogens is 1. The Morgan fingerprint density at radius 3 is 2.36 bits per heavy atom. The lowest BCUT2D eigenvalue weighted by molar-refractivity contribution is 0.322. The largest absolute Gasteiger partial charge is 0.492 e. The van der Waals surface area contributed by atoms with Crippen molar-refractivity contribution in [2.45, 2.75) is 18.7 Å². The van der Waals surface area contributed by atoms with Crippen molar-refractivity contribution < 1.29 is 13.2 Å². The smallest absolute Gasteiger partial charge is 0.191 e. The molecule has 0 aliphatic heterocycles. The van der Waals surface area contributed by atoms with Gasteiger partial charge in [0.05, 0.1) is 23.7 Å². The molecule has 0 aliphatic carbocycles. The van der Waals surface area contributed by atoms with Crippen LogP contribution in [0.15, 0.2) is 64.5 Å². The first-order valence-electron chi connectivity index (χ1n) is 9.01. The molecule has 28 heavy (non-hydrogen) atoms. The molecule has 2 rings (SSSR count). The van der Waals surface area contributed by atoms with Gasteiger partial charge in [-0.2, -0.15) is 0 Å². The molecule has 0 spiro atoms. The Morgan fingerprint density at radius 2 is 1.71 bits per heavy atom. The van der Waals surface area contributed by atoms with Gasteiger partial charge in [-0.1, -0.05) is 35.9 Å². The molecule has 0 unspecified atom stereocenters. The van der Waals surface area contributed by atoms with E-state index in [1.54, 1.807) is 30.3 Å². The molecule has 2 aromatic rings. The average Bonchev–Trinajstić information content (AvgIpc) is 2.67. The fourth-order valence-corrected chi connectivity index (χ4v) is 3.48. The average molecular weight is 517 g/mol. The van der Waals surface area contributed by atoms with Gasteiger partial charge in [-0.05, 0) is 38.1 Å². The summed E-state index contributed by atoms with van der Waals surface area (Å²) >= 11 is 0. The summed E-state index contributed by atoms with van der Waals surface area (Å²) in [5.74, 6) is 1.36. The van der Waals surface area contributed by atoms with Gasteiger partial charge >= 0.3 is 0 Å². The third kappa shape index (κ3) is 8.47. The summed E-state index contributed by atoms with van der Waals surface area (Å²) < 4.78 is 30.2. The van der Waals surface area contributed by atoms with Crippen LogP contribution in [0.5, 0.6) is 5.75 Å². The van der Waals surface area contributed by atoms with Crippen LogP contribution >= 0.6 is 24.0 Å². The molecule has 2 aromatic carbocycles. The Hall–Kier alpha value is -1.81. The van der Waals surface area contributed by atoms with Crippen LogP contribution in [-0.2, 0) is 9.84 Å². The first-order valence-corrected chi connectivity index (χ1v) is 10.7. The van der Waals surface area contributed by atoms with Crippen LogP contribution in [0.3, 0.4) is 0 Å². The maximum atomic E-state index is 12.3. The standard InChI is InChI=1S/C20H27N3O3S.HI/c1-3-21-20(22-13-15-26-18-11-9-17(2)10-12-18)23-14-16-27(24,25)19-7-5-4-6-8-19;/h4-12H,3,13-16H2,1-2H3,(H2,21,22,23);1H. The van der Waals surface area contributed by atoms with Crippen molar-refractivity contribution in [1.29, 1.82) is 0 Å². The van der Waals surface area contributed by atoms with Gasteiger partial charge in [-0.3, -0.25) is 4.99 Å². The molecule has 0 saturated heterocycles. The topological polar surface area (TPSA) is 79.8 Å². The first-order chi connectivity index (χ1) is 13.0. The van der Waals surface area contributed by atoms with Gasteiger partial charge in [0.1, 0.15) is 12.4 Å². The molecule has 8 heteroatoms. The van der Waals surface area contributed by atoms with E-state index in [1.165, 1.54) is 5.56 Å². The fraction of sp³-hybridized carbons (Fsp3) is 0.350. The second-order valence-electron chi connectivity index (χ2n) is 5.98. The molecular formula is C20H28IN3O3S. The molecule has 154 valence electrons. The molecule has 0 aliphatic rings. The number of guanidine groups is 1. The van der Waals surface area contributed by atoms with E-state index in [2.05, 4.69) is 15.6 Å². The Morgan fingerprint density at radius 1 is 1.04 bits per heavy atom. The second-order valence-corrected chi connectivity index (χ2v) is 8.09. The number of aliphatic imine (C=N–C) groups is 1. The highest BCUT2D eigenvalue weighted by Gasteiger charge is 2.13. The number of nitrogens with zero attached hydrogens (tertiary/aromatic N) is 1. The highest BCUT2D eigenvalue weighted by Crippen LogP contribution is 2.11. The number of rotatable bonds is 9. The molecule has 6 nitrogen and oxygen atoms in total. The van der Waals surface area contributed by atoms with Gasteiger partial charge in [0.2, 0.25) is 0 Å². The Balaban J connectivity index is 0.00000392. The normalized spacial score (nSPS) is 11.4. The summed E-state index contributed by atoms with van der Waals surface area (Å²) in [6.45, 7) is 5.91. The number of benzene rings is 2. The Bertz CT molecular complexity index is 826. The number of sulfone groups is 1. The van der Waals surface area contributed by atoms with Crippen LogP contribution < -0.4 is 15.4 Å². The maximum absolute atomic E-state index is 12.3. The van der Waals surface area contributed by atoms with Gasteiger partial charge < -0.3 is 15.4 Å². The molecule has 0 saturated carbocycles. The van der Waals surface area contributed by atoms with Crippen molar-refractivity contribution in [3.8, 4) is 5.75 Å². The minimum atomic E-state index is -3.32. The van der Waals surface area contributed by atoms with Crippen molar-refractivity contribution in [1.82, 2.24) is 10.6 Å². The van der Waals surface area contributed by atoms with Gasteiger partial charge in [-0.15, -0.1) is 24.0 Å². The molecule has 0 aromatic heterocycles. The number of hydrogen-bond acceptors (Lipinski definition) is 4. The van der Waals surface area contributed by atoms with E-state index < -0.39 is 9.84 Å². The van der Waals surface area contributed by atoms with Crippen LogP contribution in [0.2, 0.25) is 0 Å². The predicted molar refractivity (Wildman–Crippen MR) is 125 cm³/mol. The molecule has 0 heterocycles. The van der Waals surface area contributed by atoms with Crippen molar-refractivity contribution in [3.63, 3.8) is 0 Å². The molecule has 0 bridgehead atoms. The van der Waals surface area contributed by atoms with E-state index in [9.17, 15) is 8.42 Å². The summed E-state index contributed by atoms with van der Waals surface area (Å²) in [5, 5.41) is 6.25. The summed E-state index contributed by atoms with van der Waals surface area (Å²) in [6.07, 6.45) is 0. The zero-order valence-electron chi connectivity index (χ0n) is 16.2. The lowest BCUT2D eigenvalue weighted by Crippen LogP contribution is -2.39. The SMILES string of the molecule is CCNC(=NCCS(=O)(=O)c1ccccc1)NCCOc1ccc(C)cc1.I. The Kier molecular flexibility index (Phi) is 10.9. The summed E-state index contributed by atoms with van der Waals surface area (Å²) in [4.78, 5) is 4.66. The van der Waals surface area contributed by atoms with Crippen molar-refractivity contribution in [2.75, 3.05) is 32.0 Å². The first kappa shape index (κ1) is 24.2. The Labute approximate surface area is 184 Å². The van der Waals surface area contributed by atoms with Crippen molar-refractivity contribution >= 4 is 39.8 Å². The van der Waals surface area contributed by atoms with E-state index >= 15 is 0 Å². The third-order valence-electron chi connectivity index (χ3n) is 3.76. The quantitative estimate of drug-likeness (QED) is 0.232. The highest BCUT2D eigenvalue weighted by atomic mass is 127. The zero-order valence-corrected chi connectivity index (χ0v) is 19.4. The zero-order chi connectivity index (χ0) is 19.5. The lowest BCUT2D eigenvalue weighted by atomic mass is 10.2. The van der Waals surface area contributed by atoms with Crippen LogP contribution in [0.4, 0.5) is 0 Å². The van der Waals surface area contributed by atoms with E-state index in [0.717, 1.165) is 5.75 Å². The van der Waals surface area contributed by atoms with Gasteiger partial charge in [-0.25, -0.2) is 8.42 Å². The summed E-state index contributed by atoms with van der Waals surface area (Å²) in [5.41, 5.74) is 1.19. The fourth-order valence-electron chi connectivity index (χ4n) is 2.34. The van der Waals surface area contributed by atoms with Gasteiger partial charge in [0, 0.05) is 6.54 Å². The van der Waals surface area contributed by atoms with Crippen LogP contribution in [0, 0.1) is 6.92 Å². The minimum Gasteiger partial charge on any atom is -0.492 e. The highest BCUT2D eigenvalue weighted by molar-refractivity contribution is 14.0. The molecular weight excluding hydrogens is 489 g/mol. The molecule has 0 radical (unpaired) electrons. The maximum Gasteiger partial charge on any atom is 0.191 e.